The first-order valence-corrected chi connectivity index (χ1v) is 10.5. The van der Waals surface area contributed by atoms with Gasteiger partial charge in [0.15, 0.2) is 5.43 Å². The number of fused-ring (bicyclic) bond motifs is 1. The number of carbonyl (C=O) groups is 1. The Balaban J connectivity index is 1.54. The zero-order valence-corrected chi connectivity index (χ0v) is 18.0. The fourth-order valence-corrected chi connectivity index (χ4v) is 3.56. The molecule has 0 saturated carbocycles. The second-order valence-electron chi connectivity index (χ2n) is 7.80. The highest BCUT2D eigenvalue weighted by Gasteiger charge is 2.18. The molecule has 0 unspecified atom stereocenters. The fraction of sp³-hybridized carbons (Fsp3) is 0.185. The Morgan fingerprint density at radius 1 is 0.906 bits per heavy atom. The van der Waals surface area contributed by atoms with Crippen molar-refractivity contribution in [1.82, 2.24) is 4.90 Å². The van der Waals surface area contributed by atoms with Crippen LogP contribution in [0.3, 0.4) is 0 Å². The van der Waals surface area contributed by atoms with Gasteiger partial charge in [0.25, 0.3) is 0 Å². The minimum Gasteiger partial charge on any atom is -0.464 e. The molecular formula is C27H25NO4. The monoisotopic (exact) mass is 427 g/mol. The Morgan fingerprint density at radius 3 is 2.31 bits per heavy atom. The number of nitrogens with zero attached hydrogens (tertiary/aromatic N) is 1. The van der Waals surface area contributed by atoms with Crippen molar-refractivity contribution in [2.45, 2.75) is 26.6 Å². The van der Waals surface area contributed by atoms with Crippen molar-refractivity contribution in [2.75, 3.05) is 6.61 Å². The minimum absolute atomic E-state index is 0.0697. The number of ether oxygens (including phenoxy) is 1. The highest BCUT2D eigenvalue weighted by molar-refractivity contribution is 5.79. The van der Waals surface area contributed by atoms with Gasteiger partial charge in [0.1, 0.15) is 12.2 Å². The molecule has 0 bridgehead atoms. The second kappa shape index (κ2) is 10.1. The van der Waals surface area contributed by atoms with Gasteiger partial charge < -0.3 is 14.1 Å². The normalized spacial score (nSPS) is 10.9. The van der Waals surface area contributed by atoms with Crippen molar-refractivity contribution < 1.29 is 13.9 Å². The van der Waals surface area contributed by atoms with E-state index in [-0.39, 0.29) is 24.5 Å². The van der Waals surface area contributed by atoms with Gasteiger partial charge in [-0.05, 0) is 30.2 Å². The van der Waals surface area contributed by atoms with Gasteiger partial charge in [0.2, 0.25) is 5.91 Å². The minimum atomic E-state index is -0.187. The Morgan fingerprint density at radius 2 is 1.59 bits per heavy atom. The van der Waals surface area contributed by atoms with E-state index >= 15 is 0 Å². The van der Waals surface area contributed by atoms with Gasteiger partial charge >= 0.3 is 0 Å². The number of carbonyl (C=O) groups excluding carboxylic acids is 1. The molecule has 0 atom stereocenters. The van der Waals surface area contributed by atoms with Gasteiger partial charge in [-0.15, -0.1) is 0 Å². The summed E-state index contributed by atoms with van der Waals surface area (Å²) in [6.07, 6.45) is 1.45. The van der Waals surface area contributed by atoms with Crippen molar-refractivity contribution in [2.24, 2.45) is 0 Å². The quantitative estimate of drug-likeness (QED) is 0.403. The van der Waals surface area contributed by atoms with E-state index in [4.69, 9.17) is 9.15 Å². The largest absolute Gasteiger partial charge is 0.464 e. The third-order valence-electron chi connectivity index (χ3n) is 5.27. The number of benzene rings is 3. The molecular weight excluding hydrogens is 402 g/mol. The average Bonchev–Trinajstić information content (AvgIpc) is 2.82. The van der Waals surface area contributed by atoms with E-state index in [1.54, 1.807) is 11.0 Å². The summed E-state index contributed by atoms with van der Waals surface area (Å²) >= 11 is 0. The molecule has 1 aromatic heterocycles. The first-order valence-electron chi connectivity index (χ1n) is 10.5. The molecule has 5 heteroatoms. The summed E-state index contributed by atoms with van der Waals surface area (Å²) in [4.78, 5) is 27.7. The van der Waals surface area contributed by atoms with E-state index < -0.39 is 0 Å². The van der Waals surface area contributed by atoms with E-state index in [0.717, 1.165) is 16.7 Å². The van der Waals surface area contributed by atoms with E-state index in [1.807, 2.05) is 79.7 Å². The Labute approximate surface area is 186 Å². The molecule has 0 aliphatic rings. The molecule has 0 spiro atoms. The van der Waals surface area contributed by atoms with Crippen LogP contribution < -0.4 is 5.43 Å². The summed E-state index contributed by atoms with van der Waals surface area (Å²) < 4.78 is 11.3. The van der Waals surface area contributed by atoms with Gasteiger partial charge in [-0.2, -0.15) is 0 Å². The van der Waals surface area contributed by atoms with Crippen LogP contribution in [0.25, 0.3) is 11.0 Å². The van der Waals surface area contributed by atoms with Crippen LogP contribution in [0.4, 0.5) is 0 Å². The van der Waals surface area contributed by atoms with Gasteiger partial charge in [0, 0.05) is 6.54 Å². The van der Waals surface area contributed by atoms with E-state index in [9.17, 15) is 9.59 Å². The highest BCUT2D eigenvalue weighted by atomic mass is 16.5. The smallest absolute Gasteiger partial charge is 0.249 e. The van der Waals surface area contributed by atoms with Gasteiger partial charge in [-0.1, -0.05) is 72.3 Å². The van der Waals surface area contributed by atoms with Gasteiger partial charge in [-0.25, -0.2) is 0 Å². The molecule has 1 heterocycles. The van der Waals surface area contributed by atoms with Crippen molar-refractivity contribution >= 4 is 16.9 Å². The van der Waals surface area contributed by atoms with Crippen LogP contribution >= 0.6 is 0 Å². The molecule has 0 aliphatic heterocycles. The lowest BCUT2D eigenvalue weighted by atomic mass is 10.1. The number of rotatable bonds is 8. The Kier molecular flexibility index (Phi) is 6.78. The third-order valence-corrected chi connectivity index (χ3v) is 5.27. The predicted octanol–water partition coefficient (Wildman–Crippen LogP) is 4.85. The predicted molar refractivity (Wildman–Crippen MR) is 124 cm³/mol. The van der Waals surface area contributed by atoms with Crippen LogP contribution in [-0.2, 0) is 29.2 Å². The molecule has 3 aromatic carbocycles. The second-order valence-corrected chi connectivity index (χ2v) is 7.80. The van der Waals surface area contributed by atoms with Crippen molar-refractivity contribution in [1.29, 1.82) is 0 Å². The molecule has 32 heavy (non-hydrogen) atoms. The number of hydrogen-bond donors (Lipinski definition) is 0. The Hall–Kier alpha value is -3.70. The van der Waals surface area contributed by atoms with Crippen LogP contribution in [0.1, 0.15) is 22.3 Å². The van der Waals surface area contributed by atoms with E-state index in [0.29, 0.717) is 29.7 Å². The average molecular weight is 428 g/mol. The van der Waals surface area contributed by atoms with Gasteiger partial charge in [-0.3, -0.25) is 9.59 Å². The zero-order chi connectivity index (χ0) is 22.3. The summed E-state index contributed by atoms with van der Waals surface area (Å²) in [5.41, 5.74) is 3.82. The maximum atomic E-state index is 13.1. The number of amides is 1. The molecule has 162 valence electrons. The summed E-state index contributed by atoms with van der Waals surface area (Å²) in [5.74, 6) is -0.187. The maximum absolute atomic E-state index is 13.1. The molecule has 5 nitrogen and oxygen atoms in total. The molecule has 4 aromatic rings. The first kappa shape index (κ1) is 21.5. The molecule has 4 rings (SSSR count). The van der Waals surface area contributed by atoms with E-state index in [2.05, 4.69) is 0 Å². The first-order chi connectivity index (χ1) is 15.6. The highest BCUT2D eigenvalue weighted by Crippen LogP contribution is 2.16. The number of hydrogen-bond acceptors (Lipinski definition) is 4. The van der Waals surface area contributed by atoms with Crippen molar-refractivity contribution in [3.8, 4) is 0 Å². The molecule has 1 amide bonds. The summed E-state index contributed by atoms with van der Waals surface area (Å²) in [7, 11) is 0. The lowest BCUT2D eigenvalue weighted by Crippen LogP contribution is -2.34. The van der Waals surface area contributed by atoms with Crippen LogP contribution in [-0.4, -0.2) is 17.4 Å². The third kappa shape index (κ3) is 5.31. The summed E-state index contributed by atoms with van der Waals surface area (Å²) in [6, 6.07) is 24.9. The Bertz CT molecular complexity index is 1250. The van der Waals surface area contributed by atoms with Gasteiger partial charge in [0.05, 0.1) is 30.4 Å². The fourth-order valence-electron chi connectivity index (χ4n) is 3.56. The standard InChI is InChI=1S/C27H25NO4/c1-20-12-13-25-24(14-20)27(30)23(18-32-25)16-28(15-21-8-4-2-5-9-21)26(29)19-31-17-22-10-6-3-7-11-22/h2-14,18H,15-17,19H2,1H3. The zero-order valence-electron chi connectivity index (χ0n) is 18.0. The van der Waals surface area contributed by atoms with Crippen LogP contribution in [0, 0.1) is 6.92 Å². The van der Waals surface area contributed by atoms with Crippen molar-refractivity contribution in [3.05, 3.63) is 118 Å². The lowest BCUT2D eigenvalue weighted by Gasteiger charge is -2.23. The SMILES string of the molecule is Cc1ccc2occ(CN(Cc3ccccc3)C(=O)COCc3ccccc3)c(=O)c2c1. The molecule has 0 N–H and O–H groups in total. The number of aryl methyl sites for hydroxylation is 1. The summed E-state index contributed by atoms with van der Waals surface area (Å²) in [5, 5.41) is 0.523. The van der Waals surface area contributed by atoms with Crippen LogP contribution in [0.5, 0.6) is 0 Å². The maximum Gasteiger partial charge on any atom is 0.249 e. The van der Waals surface area contributed by atoms with Crippen LogP contribution in [0.15, 0.2) is 94.3 Å². The van der Waals surface area contributed by atoms with E-state index in [1.165, 1.54) is 6.26 Å². The molecule has 0 saturated heterocycles. The van der Waals surface area contributed by atoms with Crippen molar-refractivity contribution in [3.63, 3.8) is 0 Å². The molecule has 0 radical (unpaired) electrons. The van der Waals surface area contributed by atoms with Crippen LogP contribution in [0.2, 0.25) is 0 Å². The summed E-state index contributed by atoms with van der Waals surface area (Å²) in [6.45, 7) is 2.73. The topological polar surface area (TPSA) is 59.8 Å². The lowest BCUT2D eigenvalue weighted by molar-refractivity contribution is -0.137. The molecule has 0 aliphatic carbocycles. The molecule has 0 fully saturated rings.